The van der Waals surface area contributed by atoms with Crippen molar-refractivity contribution >= 4 is 51.5 Å². The monoisotopic (exact) mass is 317 g/mol. The minimum atomic E-state index is 0. The van der Waals surface area contributed by atoms with Gasteiger partial charge in [0.15, 0.2) is 0 Å². The second kappa shape index (κ2) is 9.77. The van der Waals surface area contributed by atoms with Gasteiger partial charge in [0.2, 0.25) is 0 Å². The van der Waals surface area contributed by atoms with E-state index in [9.17, 15) is 0 Å². The Kier molecular flexibility index (Phi) is 17.2. The fourth-order valence-electron chi connectivity index (χ4n) is 0.0707. The van der Waals surface area contributed by atoms with E-state index in [0.717, 1.165) is 17.9 Å². The maximum Gasteiger partial charge on any atom is 3.00 e. The van der Waals surface area contributed by atoms with E-state index in [1.807, 2.05) is 0 Å². The molecule has 0 aliphatic carbocycles. The number of hydrogen-bond donors (Lipinski definition) is 2. The number of rotatable bonds is 2. The molecule has 0 spiro atoms. The molecule has 0 aliphatic heterocycles. The van der Waals surface area contributed by atoms with E-state index in [2.05, 4.69) is 25.3 Å². The summed E-state index contributed by atoms with van der Waals surface area (Å²) < 4.78 is 0. The van der Waals surface area contributed by atoms with Crippen molar-refractivity contribution in [3.05, 3.63) is 0 Å². The van der Waals surface area contributed by atoms with Gasteiger partial charge in [0, 0.05) is 0 Å². The largest absolute Gasteiger partial charge is 3.00 e. The van der Waals surface area contributed by atoms with E-state index in [0.29, 0.717) is 0 Å². The Morgan fingerprint density at radius 2 is 1.33 bits per heavy atom. The van der Waals surface area contributed by atoms with Gasteiger partial charge in [0.25, 0.3) is 0 Å². The van der Waals surface area contributed by atoms with Gasteiger partial charge in [0.05, 0.1) is 0 Å². The molecule has 0 aliphatic rings. The minimum Gasteiger partial charge on any atom is -0.179 e. The summed E-state index contributed by atoms with van der Waals surface area (Å²) in [5, 5.41) is 0. The number of hydrogen-bond acceptors (Lipinski definition) is 2. The van der Waals surface area contributed by atoms with Gasteiger partial charge >= 0.3 is 26.2 Å². The molecule has 0 N–H and O–H groups in total. The summed E-state index contributed by atoms with van der Waals surface area (Å²) in [7, 11) is 0. The van der Waals surface area contributed by atoms with Crippen LogP contribution in [0.3, 0.4) is 0 Å². The molecule has 0 heterocycles. The molecule has 0 atom stereocenters. The zero-order valence-corrected chi connectivity index (χ0v) is 8.73. The molecule has 34 valence electrons. The molecule has 2 radical (unpaired) electrons. The molecule has 0 rings (SSSR count). The molecule has 0 nitrogen and oxygen atoms in total. The Bertz CT molecular complexity index is 16.3. The van der Waals surface area contributed by atoms with Crippen LogP contribution in [0.15, 0.2) is 0 Å². The van der Waals surface area contributed by atoms with Gasteiger partial charge in [-0.1, -0.05) is 0 Å². The maximum atomic E-state index is 3.95. The predicted molar refractivity (Wildman–Crippen MR) is 38.1 cm³/mol. The Morgan fingerprint density at radius 3 is 1.33 bits per heavy atom. The van der Waals surface area contributed by atoms with Gasteiger partial charge in [-0.3, -0.25) is 0 Å². The van der Waals surface area contributed by atoms with Crippen LogP contribution in [0.2, 0.25) is 0 Å². The van der Waals surface area contributed by atoms with Gasteiger partial charge in [-0.15, -0.1) is 0 Å². The van der Waals surface area contributed by atoms with Crippen molar-refractivity contribution in [3.63, 3.8) is 0 Å². The smallest absolute Gasteiger partial charge is 0.179 e. The van der Waals surface area contributed by atoms with Crippen LogP contribution in [0.25, 0.3) is 0 Å². The third kappa shape index (κ3) is 9.13. The van der Waals surface area contributed by atoms with Crippen molar-refractivity contribution < 1.29 is 0 Å². The van der Waals surface area contributed by atoms with Crippen LogP contribution in [0.1, 0.15) is 6.42 Å². The van der Waals surface area contributed by atoms with Gasteiger partial charge in [-0.25, -0.2) is 0 Å². The molecule has 0 fully saturated rings. The molecule has 3 heteroatoms. The van der Waals surface area contributed by atoms with Crippen molar-refractivity contribution in [1.82, 2.24) is 0 Å². The van der Waals surface area contributed by atoms with E-state index < -0.39 is 0 Å². The van der Waals surface area contributed by atoms with Gasteiger partial charge < -0.3 is 0 Å². The third-order valence-corrected chi connectivity index (χ3v) is 0.949. The van der Waals surface area contributed by atoms with Crippen LogP contribution in [0.5, 0.6) is 0 Å². The summed E-state index contributed by atoms with van der Waals surface area (Å²) in [5.74, 6) is 1.92. The molecule has 0 amide bonds. The quantitative estimate of drug-likeness (QED) is 0.548. The minimum absolute atomic E-state index is 0. The molecule has 0 aromatic carbocycles. The van der Waals surface area contributed by atoms with Crippen LogP contribution >= 0.6 is 25.3 Å². The average molecular weight is 317 g/mol. The van der Waals surface area contributed by atoms with E-state index in [4.69, 9.17) is 0 Å². The molecule has 6 heavy (non-hydrogen) atoms. The van der Waals surface area contributed by atoms with Crippen molar-refractivity contribution in [2.24, 2.45) is 0 Å². The molecule has 0 saturated carbocycles. The summed E-state index contributed by atoms with van der Waals surface area (Å²) >= 11 is 7.90. The average Bonchev–Trinajstić information content (AvgIpc) is 1.41. The van der Waals surface area contributed by atoms with Crippen LogP contribution in [-0.2, 0) is 0 Å². The second-order valence-electron chi connectivity index (χ2n) is 0.801. The van der Waals surface area contributed by atoms with Gasteiger partial charge in [-0.2, -0.15) is 25.3 Å². The Labute approximate surface area is 69.0 Å². The summed E-state index contributed by atoms with van der Waals surface area (Å²) in [6, 6.07) is 0. The molecule has 0 unspecified atom stereocenters. The SMILES string of the molecule is SCCCS.[Bi+3]. The summed E-state index contributed by atoms with van der Waals surface area (Å²) in [6.45, 7) is 0. The standard InChI is InChI=1S/C3H8S2.Bi/c4-2-1-3-5;/h4-5H,1-3H2;/q;+3. The van der Waals surface area contributed by atoms with Crippen LogP contribution in [0.4, 0.5) is 0 Å². The summed E-state index contributed by atoms with van der Waals surface area (Å²) in [4.78, 5) is 0. The first-order valence-electron chi connectivity index (χ1n) is 1.63. The van der Waals surface area contributed by atoms with Crippen molar-refractivity contribution in [2.45, 2.75) is 6.42 Å². The Morgan fingerprint density at radius 1 is 1.00 bits per heavy atom. The molecular formula is C3H8BiS2+3. The third-order valence-electron chi connectivity index (χ3n) is 0.316. The predicted octanol–water partition coefficient (Wildman–Crippen LogP) is 0.855. The van der Waals surface area contributed by atoms with E-state index in [1.54, 1.807) is 0 Å². The first-order valence-corrected chi connectivity index (χ1v) is 2.90. The van der Waals surface area contributed by atoms with Crippen LogP contribution in [-0.4, -0.2) is 37.7 Å². The van der Waals surface area contributed by atoms with E-state index in [-0.39, 0.29) is 26.2 Å². The van der Waals surface area contributed by atoms with Crippen molar-refractivity contribution in [3.8, 4) is 0 Å². The summed E-state index contributed by atoms with van der Waals surface area (Å²) in [6.07, 6.45) is 1.12. The normalized spacial score (nSPS) is 7.00. The van der Waals surface area contributed by atoms with E-state index >= 15 is 0 Å². The fraction of sp³-hybridized carbons (Fsp3) is 1.00. The van der Waals surface area contributed by atoms with Crippen LogP contribution in [0, 0.1) is 0 Å². The summed E-state index contributed by atoms with van der Waals surface area (Å²) in [5.41, 5.74) is 0. The Hall–Kier alpha value is 1.58. The van der Waals surface area contributed by atoms with Crippen molar-refractivity contribution in [1.29, 1.82) is 0 Å². The van der Waals surface area contributed by atoms with Gasteiger partial charge in [0.1, 0.15) is 0 Å². The van der Waals surface area contributed by atoms with Crippen molar-refractivity contribution in [2.75, 3.05) is 11.5 Å². The molecule has 0 saturated heterocycles. The molecule has 0 aromatic heterocycles. The molecular weight excluding hydrogens is 309 g/mol. The molecule has 0 aromatic rings. The number of thiol groups is 2. The Balaban J connectivity index is 0. The van der Waals surface area contributed by atoms with Gasteiger partial charge in [-0.05, 0) is 17.9 Å². The maximum absolute atomic E-state index is 3.95. The topological polar surface area (TPSA) is 0 Å². The zero-order chi connectivity index (χ0) is 4.12. The first-order chi connectivity index (χ1) is 2.41. The second-order valence-corrected chi connectivity index (χ2v) is 1.70. The fourth-order valence-corrected chi connectivity index (χ4v) is 0.636. The van der Waals surface area contributed by atoms with Crippen LogP contribution < -0.4 is 0 Å². The molecule has 0 bridgehead atoms. The zero-order valence-electron chi connectivity index (χ0n) is 3.46. The van der Waals surface area contributed by atoms with E-state index in [1.165, 1.54) is 0 Å². The first kappa shape index (κ1) is 10.5.